The number of thiophene rings is 1. The number of benzene rings is 2. The van der Waals surface area contributed by atoms with E-state index in [2.05, 4.69) is 15.8 Å². The van der Waals surface area contributed by atoms with Crippen molar-refractivity contribution < 1.29 is 19.1 Å². The summed E-state index contributed by atoms with van der Waals surface area (Å²) >= 11 is 1.28. The van der Waals surface area contributed by atoms with Crippen LogP contribution in [0.4, 0.5) is 5.00 Å². The van der Waals surface area contributed by atoms with E-state index in [0.29, 0.717) is 27.6 Å². The number of methoxy groups -OCH3 is 2. The Balaban J connectivity index is 1.74. The van der Waals surface area contributed by atoms with Crippen molar-refractivity contribution in [3.05, 3.63) is 75.7 Å². The largest absolute Gasteiger partial charge is 0.493 e. The van der Waals surface area contributed by atoms with Gasteiger partial charge in [-0.25, -0.2) is 5.43 Å². The minimum absolute atomic E-state index is 0.361. The molecule has 0 atom stereocenters. The van der Waals surface area contributed by atoms with Gasteiger partial charge in [-0.05, 0) is 48.6 Å². The highest BCUT2D eigenvalue weighted by Crippen LogP contribution is 2.30. The number of aryl methyl sites for hydroxylation is 2. The van der Waals surface area contributed by atoms with Crippen molar-refractivity contribution in [2.75, 3.05) is 19.5 Å². The van der Waals surface area contributed by atoms with Gasteiger partial charge in [0, 0.05) is 5.56 Å². The van der Waals surface area contributed by atoms with Gasteiger partial charge in [-0.1, -0.05) is 29.8 Å². The molecular formula is C23H23N3O4S. The molecule has 2 N–H and O–H groups in total. The van der Waals surface area contributed by atoms with E-state index in [-0.39, 0.29) is 5.91 Å². The number of hydrogen-bond acceptors (Lipinski definition) is 6. The van der Waals surface area contributed by atoms with Crippen LogP contribution in [0.5, 0.6) is 11.5 Å². The number of carbonyl (C=O) groups excluding carboxylic acids is 2. The molecule has 0 saturated heterocycles. The van der Waals surface area contributed by atoms with E-state index >= 15 is 0 Å². The number of anilines is 1. The molecule has 31 heavy (non-hydrogen) atoms. The SMILES string of the molecule is COc1ccc(C(=O)Nc2scc(C)c2C(=O)N/N=C/c2cccc(C)c2)cc1OC. The van der Waals surface area contributed by atoms with Gasteiger partial charge in [0.25, 0.3) is 11.8 Å². The molecule has 3 rings (SSSR count). The van der Waals surface area contributed by atoms with E-state index in [1.165, 1.54) is 25.6 Å². The minimum Gasteiger partial charge on any atom is -0.493 e. The molecular weight excluding hydrogens is 414 g/mol. The fraction of sp³-hybridized carbons (Fsp3) is 0.174. The van der Waals surface area contributed by atoms with Crippen molar-refractivity contribution in [1.82, 2.24) is 5.43 Å². The van der Waals surface area contributed by atoms with E-state index in [0.717, 1.165) is 16.7 Å². The normalized spacial score (nSPS) is 10.7. The number of hydrogen-bond donors (Lipinski definition) is 2. The second kappa shape index (κ2) is 9.90. The molecule has 1 heterocycles. The Kier molecular flexibility index (Phi) is 7.04. The van der Waals surface area contributed by atoms with Gasteiger partial charge >= 0.3 is 0 Å². The smallest absolute Gasteiger partial charge is 0.274 e. The molecule has 0 aliphatic heterocycles. The zero-order valence-corrected chi connectivity index (χ0v) is 18.5. The van der Waals surface area contributed by atoms with Crippen LogP contribution < -0.4 is 20.2 Å². The van der Waals surface area contributed by atoms with Crippen molar-refractivity contribution in [2.45, 2.75) is 13.8 Å². The molecule has 0 spiro atoms. The molecule has 2 amide bonds. The van der Waals surface area contributed by atoms with Gasteiger partial charge in [-0.3, -0.25) is 9.59 Å². The second-order valence-corrected chi connectivity index (χ2v) is 7.64. The Morgan fingerprint density at radius 2 is 1.77 bits per heavy atom. The van der Waals surface area contributed by atoms with E-state index in [1.54, 1.807) is 24.4 Å². The Hall–Kier alpha value is -3.65. The van der Waals surface area contributed by atoms with Gasteiger partial charge in [-0.2, -0.15) is 5.10 Å². The Morgan fingerprint density at radius 1 is 1.00 bits per heavy atom. The summed E-state index contributed by atoms with van der Waals surface area (Å²) in [5.41, 5.74) is 6.01. The van der Waals surface area contributed by atoms with Crippen LogP contribution in [-0.4, -0.2) is 32.2 Å². The lowest BCUT2D eigenvalue weighted by Crippen LogP contribution is -2.21. The monoisotopic (exact) mass is 437 g/mol. The van der Waals surface area contributed by atoms with Crippen molar-refractivity contribution in [3.8, 4) is 11.5 Å². The predicted octanol–water partition coefficient (Wildman–Crippen LogP) is 4.40. The van der Waals surface area contributed by atoms with Crippen LogP contribution in [0.15, 0.2) is 52.9 Å². The molecule has 2 aromatic carbocycles. The molecule has 0 saturated carbocycles. The zero-order chi connectivity index (χ0) is 22.4. The minimum atomic E-state index is -0.398. The molecule has 0 fully saturated rings. The van der Waals surface area contributed by atoms with Gasteiger partial charge < -0.3 is 14.8 Å². The summed E-state index contributed by atoms with van der Waals surface area (Å²) in [7, 11) is 3.03. The van der Waals surface area contributed by atoms with Gasteiger partial charge in [0.15, 0.2) is 11.5 Å². The third-order valence-corrected chi connectivity index (χ3v) is 5.51. The van der Waals surface area contributed by atoms with E-state index in [9.17, 15) is 9.59 Å². The first kappa shape index (κ1) is 22.0. The number of hydrazone groups is 1. The highest BCUT2D eigenvalue weighted by molar-refractivity contribution is 7.15. The van der Waals surface area contributed by atoms with Gasteiger partial charge in [-0.15, -0.1) is 11.3 Å². The molecule has 8 heteroatoms. The molecule has 0 unspecified atom stereocenters. The van der Waals surface area contributed by atoms with Crippen molar-refractivity contribution in [3.63, 3.8) is 0 Å². The van der Waals surface area contributed by atoms with Gasteiger partial charge in [0.1, 0.15) is 5.00 Å². The van der Waals surface area contributed by atoms with Crippen LogP contribution in [-0.2, 0) is 0 Å². The van der Waals surface area contributed by atoms with Gasteiger partial charge in [0.2, 0.25) is 0 Å². The molecule has 160 valence electrons. The number of nitrogens with one attached hydrogen (secondary N) is 2. The first-order valence-electron chi connectivity index (χ1n) is 9.44. The molecule has 7 nitrogen and oxygen atoms in total. The fourth-order valence-corrected chi connectivity index (χ4v) is 3.88. The van der Waals surface area contributed by atoms with E-state index in [4.69, 9.17) is 9.47 Å². The molecule has 3 aromatic rings. The van der Waals surface area contributed by atoms with Crippen molar-refractivity contribution >= 4 is 34.4 Å². The molecule has 0 aliphatic rings. The summed E-state index contributed by atoms with van der Waals surface area (Å²) in [6, 6.07) is 12.6. The number of nitrogens with zero attached hydrogens (tertiary/aromatic N) is 1. The van der Waals surface area contributed by atoms with Crippen LogP contribution in [0.1, 0.15) is 37.4 Å². The predicted molar refractivity (Wildman–Crippen MR) is 123 cm³/mol. The zero-order valence-electron chi connectivity index (χ0n) is 17.7. The number of amides is 2. The maximum absolute atomic E-state index is 12.7. The summed E-state index contributed by atoms with van der Waals surface area (Å²) < 4.78 is 10.4. The lowest BCUT2D eigenvalue weighted by molar-refractivity contribution is 0.0956. The number of ether oxygens (including phenoxy) is 2. The third-order valence-electron chi connectivity index (χ3n) is 4.50. The Morgan fingerprint density at radius 3 is 2.48 bits per heavy atom. The van der Waals surface area contributed by atoms with E-state index in [1.807, 2.05) is 43.5 Å². The maximum atomic E-state index is 12.7. The summed E-state index contributed by atoms with van der Waals surface area (Å²) in [5, 5.41) is 9.09. The van der Waals surface area contributed by atoms with Crippen LogP contribution in [0, 0.1) is 13.8 Å². The first-order chi connectivity index (χ1) is 14.9. The molecule has 0 bridgehead atoms. The topological polar surface area (TPSA) is 89.0 Å². The maximum Gasteiger partial charge on any atom is 0.274 e. The second-order valence-electron chi connectivity index (χ2n) is 6.76. The fourth-order valence-electron chi connectivity index (χ4n) is 2.94. The summed E-state index contributed by atoms with van der Waals surface area (Å²) in [5.74, 6) is 0.212. The lowest BCUT2D eigenvalue weighted by Gasteiger charge is -2.10. The van der Waals surface area contributed by atoms with Crippen LogP contribution in [0.25, 0.3) is 0 Å². The third kappa shape index (κ3) is 5.29. The lowest BCUT2D eigenvalue weighted by atomic mass is 10.1. The van der Waals surface area contributed by atoms with Crippen molar-refractivity contribution in [2.24, 2.45) is 5.10 Å². The summed E-state index contributed by atoms with van der Waals surface area (Å²) in [4.78, 5) is 25.4. The van der Waals surface area contributed by atoms with Crippen LogP contribution >= 0.6 is 11.3 Å². The summed E-state index contributed by atoms with van der Waals surface area (Å²) in [6.45, 7) is 3.79. The van der Waals surface area contributed by atoms with E-state index < -0.39 is 5.91 Å². The van der Waals surface area contributed by atoms with Crippen LogP contribution in [0.2, 0.25) is 0 Å². The first-order valence-corrected chi connectivity index (χ1v) is 10.3. The average molecular weight is 438 g/mol. The highest BCUT2D eigenvalue weighted by Gasteiger charge is 2.19. The summed E-state index contributed by atoms with van der Waals surface area (Å²) in [6.07, 6.45) is 1.58. The molecule has 1 aromatic heterocycles. The van der Waals surface area contributed by atoms with Crippen molar-refractivity contribution in [1.29, 1.82) is 0 Å². The van der Waals surface area contributed by atoms with Gasteiger partial charge in [0.05, 0.1) is 26.0 Å². The highest BCUT2D eigenvalue weighted by atomic mass is 32.1. The average Bonchev–Trinajstić information content (AvgIpc) is 3.13. The number of rotatable bonds is 7. The Labute approximate surface area is 184 Å². The standard InChI is InChI=1S/C23H23N3O4S/c1-14-6-5-7-16(10-14)12-24-26-22(28)20-15(2)13-31-23(20)25-21(27)17-8-9-18(29-3)19(11-17)30-4/h5-13H,1-4H3,(H,25,27)(H,26,28)/b24-12+. The molecule has 0 radical (unpaired) electrons. The Bertz CT molecular complexity index is 1140. The van der Waals surface area contributed by atoms with Crippen LogP contribution in [0.3, 0.4) is 0 Å². The number of carbonyl (C=O) groups is 2. The quantitative estimate of drug-likeness (QED) is 0.424. The molecule has 0 aliphatic carbocycles.